The molecule has 0 aliphatic heterocycles. The first-order valence-corrected chi connectivity index (χ1v) is 10.0. The van der Waals surface area contributed by atoms with Gasteiger partial charge in [-0.3, -0.25) is 4.79 Å². The van der Waals surface area contributed by atoms with E-state index in [4.69, 9.17) is 14.2 Å². The van der Waals surface area contributed by atoms with Gasteiger partial charge in [0.05, 0.1) is 12.0 Å². The van der Waals surface area contributed by atoms with Gasteiger partial charge < -0.3 is 19.3 Å². The van der Waals surface area contributed by atoms with Crippen LogP contribution in [0.3, 0.4) is 0 Å². The van der Waals surface area contributed by atoms with E-state index >= 15 is 0 Å². The van der Waals surface area contributed by atoms with Crippen molar-refractivity contribution in [3.05, 3.63) is 42.0 Å². The topological polar surface area (TPSA) is 78.7 Å². The van der Waals surface area contributed by atoms with Crippen LogP contribution in [0.15, 0.2) is 36.4 Å². The molecule has 0 spiro atoms. The maximum absolute atomic E-state index is 11.9. The highest BCUT2D eigenvalue weighted by atomic mass is 16.7. The predicted molar refractivity (Wildman–Crippen MR) is 125 cm³/mol. The van der Waals surface area contributed by atoms with Gasteiger partial charge in [0.1, 0.15) is 34.8 Å². The molecule has 1 N–H and O–H groups in total. The molecule has 0 radical (unpaired) electrons. The smallest absolute Gasteiger partial charge is 0.311 e. The molecular formula is C24H35N3O5. The molecule has 0 fully saturated rings. The Hall–Kier alpha value is -3.13. The van der Waals surface area contributed by atoms with Gasteiger partial charge in [-0.05, 0) is 57.0 Å². The number of esters is 1. The number of fused-ring (bicyclic) bond motifs is 4. The first kappa shape index (κ1) is 25.1. The average molecular weight is 446 g/mol. The summed E-state index contributed by atoms with van der Waals surface area (Å²) in [5.41, 5.74) is 3.36. The lowest BCUT2D eigenvalue weighted by atomic mass is 9.91. The van der Waals surface area contributed by atoms with Crippen molar-refractivity contribution >= 4 is 17.0 Å². The Kier molecular flexibility index (Phi) is 7.51. The minimum atomic E-state index is -0.475. The standard InChI is InChI=1S/C22H27N3O5.2CH4/c1-5-22(3,4)21(27)29-11-10-28-14-30-16-7-8-17-18(13-16)24-23(17)25(24)19-12-15(2)6-9-20(19)26;;/h6-9,12-13,26H,5,10-11,14H2,1-4H3;2*1H4. The number of carbonyl (C=O) groups is 1. The van der Waals surface area contributed by atoms with E-state index in [-0.39, 0.29) is 46.6 Å². The molecule has 0 aliphatic rings. The summed E-state index contributed by atoms with van der Waals surface area (Å²) in [5, 5.41) is 10.2. The fourth-order valence-electron chi connectivity index (χ4n) is 3.11. The minimum Gasteiger partial charge on any atom is -0.506 e. The molecule has 0 atom stereocenters. The van der Waals surface area contributed by atoms with E-state index in [1.54, 1.807) is 6.07 Å². The van der Waals surface area contributed by atoms with E-state index in [1.165, 1.54) is 0 Å². The lowest BCUT2D eigenvalue weighted by Crippen LogP contribution is -2.27. The molecule has 8 nitrogen and oxygen atoms in total. The van der Waals surface area contributed by atoms with Gasteiger partial charge in [-0.2, -0.15) is 0 Å². The van der Waals surface area contributed by atoms with Crippen molar-refractivity contribution in [1.29, 1.82) is 0 Å². The van der Waals surface area contributed by atoms with Crippen LogP contribution >= 0.6 is 0 Å². The number of hydrogen-bond acceptors (Lipinski definition) is 5. The number of ether oxygens (including phenoxy) is 3. The highest BCUT2D eigenvalue weighted by molar-refractivity contribution is 5.81. The van der Waals surface area contributed by atoms with E-state index in [2.05, 4.69) is 0 Å². The molecule has 0 unspecified atom stereocenters. The van der Waals surface area contributed by atoms with E-state index in [0.717, 1.165) is 28.7 Å². The summed E-state index contributed by atoms with van der Waals surface area (Å²) in [5.74, 6) is 0.691. The van der Waals surface area contributed by atoms with E-state index in [9.17, 15) is 9.90 Å². The Morgan fingerprint density at radius 1 is 1.03 bits per heavy atom. The molecule has 0 bridgehead atoms. The normalized spacial score (nSPS) is 11.5. The molecule has 0 saturated carbocycles. The predicted octanol–water partition coefficient (Wildman–Crippen LogP) is 5.04. The zero-order valence-electron chi connectivity index (χ0n) is 17.7. The first-order valence-electron chi connectivity index (χ1n) is 10.0. The van der Waals surface area contributed by atoms with Gasteiger partial charge in [-0.1, -0.05) is 27.8 Å². The van der Waals surface area contributed by atoms with Gasteiger partial charge in [-0.15, -0.1) is 14.1 Å². The van der Waals surface area contributed by atoms with Gasteiger partial charge in [0.25, 0.3) is 0 Å². The molecule has 4 aromatic rings. The largest absolute Gasteiger partial charge is 0.506 e. The van der Waals surface area contributed by atoms with Gasteiger partial charge >= 0.3 is 5.97 Å². The average Bonchev–Trinajstić information content (AvgIpc) is 3.39. The summed E-state index contributed by atoms with van der Waals surface area (Å²) < 4.78 is 20.2. The van der Waals surface area contributed by atoms with Gasteiger partial charge in [0.2, 0.25) is 0 Å². The lowest BCUT2D eigenvalue weighted by molar-refractivity contribution is -0.156. The van der Waals surface area contributed by atoms with Crippen molar-refractivity contribution in [2.75, 3.05) is 20.0 Å². The lowest BCUT2D eigenvalue weighted by Gasteiger charge is -2.20. The quantitative estimate of drug-likeness (QED) is 0.222. The molecule has 0 amide bonds. The molecule has 2 aromatic heterocycles. The second kappa shape index (κ2) is 9.56. The monoisotopic (exact) mass is 445 g/mol. The van der Waals surface area contributed by atoms with Crippen LogP contribution in [0.25, 0.3) is 16.7 Å². The van der Waals surface area contributed by atoms with Crippen LogP contribution < -0.4 is 4.74 Å². The zero-order valence-corrected chi connectivity index (χ0v) is 17.7. The number of hydrogen-bond donors (Lipinski definition) is 1. The van der Waals surface area contributed by atoms with Crippen LogP contribution in [-0.4, -0.2) is 45.1 Å². The fraction of sp³-hybridized carbons (Fsp3) is 0.458. The van der Waals surface area contributed by atoms with E-state index in [1.807, 2.05) is 72.1 Å². The number of aromatic hydroxyl groups is 1. The highest BCUT2D eigenvalue weighted by Gasteiger charge is 2.27. The van der Waals surface area contributed by atoms with Crippen molar-refractivity contribution in [2.45, 2.75) is 49.0 Å². The van der Waals surface area contributed by atoms with Crippen LogP contribution in [0.1, 0.15) is 47.6 Å². The maximum Gasteiger partial charge on any atom is 0.311 e. The Bertz CT molecular complexity index is 1170. The molecule has 32 heavy (non-hydrogen) atoms. The number of phenolic OH excluding ortho intramolecular Hbond substituents is 1. The second-order valence-electron chi connectivity index (χ2n) is 8.05. The Balaban J connectivity index is 0.00000181. The molecular weight excluding hydrogens is 410 g/mol. The Morgan fingerprint density at radius 3 is 2.47 bits per heavy atom. The molecule has 0 saturated heterocycles. The summed E-state index contributed by atoms with van der Waals surface area (Å²) in [4.78, 5) is 13.8. The van der Waals surface area contributed by atoms with Gasteiger partial charge in [0.15, 0.2) is 6.79 Å². The van der Waals surface area contributed by atoms with Crippen molar-refractivity contribution in [1.82, 2.24) is 14.1 Å². The Morgan fingerprint density at radius 2 is 1.75 bits per heavy atom. The molecule has 8 heteroatoms. The van der Waals surface area contributed by atoms with Gasteiger partial charge in [0, 0.05) is 6.07 Å². The summed E-state index contributed by atoms with van der Waals surface area (Å²) in [6.07, 6.45) is 0.726. The number of aryl methyl sites for hydroxylation is 1. The number of nitrogens with zero attached hydrogens (tertiary/aromatic N) is 3. The van der Waals surface area contributed by atoms with Crippen LogP contribution in [0, 0.1) is 12.3 Å². The van der Waals surface area contributed by atoms with Crippen LogP contribution in [0.2, 0.25) is 0 Å². The number of benzene rings is 2. The summed E-state index contributed by atoms with van der Waals surface area (Å²) in [7, 11) is 0. The Labute approximate surface area is 189 Å². The molecule has 0 aliphatic carbocycles. The van der Waals surface area contributed by atoms with Crippen molar-refractivity contribution in [3.63, 3.8) is 0 Å². The molecule has 2 aromatic carbocycles. The van der Waals surface area contributed by atoms with E-state index < -0.39 is 5.41 Å². The third-order valence-electron chi connectivity index (χ3n) is 5.44. The number of carbonyl (C=O) groups excluding carboxylic acids is 1. The number of aromatic nitrogens is 3. The summed E-state index contributed by atoms with van der Waals surface area (Å²) >= 11 is 0. The first-order chi connectivity index (χ1) is 14.3. The van der Waals surface area contributed by atoms with Crippen LogP contribution in [0.4, 0.5) is 0 Å². The minimum absolute atomic E-state index is 0. The van der Waals surface area contributed by atoms with E-state index in [0.29, 0.717) is 5.75 Å². The van der Waals surface area contributed by atoms with Crippen LogP contribution in [0.5, 0.6) is 11.5 Å². The fourth-order valence-corrected chi connectivity index (χ4v) is 3.11. The third kappa shape index (κ3) is 4.55. The van der Waals surface area contributed by atoms with Crippen molar-refractivity contribution in [3.8, 4) is 17.2 Å². The van der Waals surface area contributed by atoms with Gasteiger partial charge in [-0.25, -0.2) is 0 Å². The molecule has 2 heterocycles. The zero-order chi connectivity index (χ0) is 21.5. The third-order valence-corrected chi connectivity index (χ3v) is 5.44. The molecule has 176 valence electrons. The van der Waals surface area contributed by atoms with Crippen LogP contribution in [-0.2, 0) is 14.3 Å². The SMILES string of the molecule is C.C.CCC(C)(C)C(=O)OCCOCOc1ccc2c(c1)n1n(-c3cc(C)ccc3O)n21. The highest BCUT2D eigenvalue weighted by Crippen LogP contribution is 2.32. The maximum atomic E-state index is 11.9. The summed E-state index contributed by atoms with van der Waals surface area (Å²) in [6, 6.07) is 11.3. The number of phenols is 1. The second-order valence-corrected chi connectivity index (χ2v) is 8.05. The van der Waals surface area contributed by atoms with Crippen molar-refractivity contribution < 1.29 is 24.1 Å². The molecule has 4 rings (SSSR count). The number of rotatable bonds is 9. The summed E-state index contributed by atoms with van der Waals surface area (Å²) in [6.45, 7) is 8.22. The van der Waals surface area contributed by atoms with Crippen molar-refractivity contribution in [2.24, 2.45) is 5.41 Å².